The van der Waals surface area contributed by atoms with Crippen LogP contribution in [0.2, 0.25) is 10.0 Å². The molecule has 358 valence electrons. The number of methoxy groups -OCH3 is 1. The van der Waals surface area contributed by atoms with Gasteiger partial charge in [0.05, 0.1) is 47.7 Å². The van der Waals surface area contributed by atoms with Crippen molar-refractivity contribution < 1.29 is 41.7 Å². The minimum absolute atomic E-state index is 0.0264. The van der Waals surface area contributed by atoms with Gasteiger partial charge in [0.25, 0.3) is 10.0 Å². The minimum Gasteiger partial charge on any atom is -0.489 e. The molecule has 14 nitrogen and oxygen atoms in total. The fraction of sp³-hybridized carbons (Fsp3) is 0.280. The smallest absolute Gasteiger partial charge is 0.328 e. The standard InChI is InChI=1S/C50H46BrCl2N5O9S2/c1-30-49(68-50(56-30)55-18-20-64-19-17-51)69(61,62)58-27-38-25-45-44(66-29-46(67-45)36-12-14-39(15-13-36)65-28-33-7-16-40(52)41(53)21-33)24-37(38)23-43(58)47(59)57-42(48(60)63-2)22-31-3-8-34(9-4-31)35-10-5-32(26-54)6-11-35/h3-16,21,24-25,42-43,46H,17-20,22-23,27-29H2,1-2H3,(H,55,56)(H,57,59)/t42-,43-,46?/m0/s1. The molecule has 3 atom stereocenters. The number of aromatic nitrogens is 1. The SMILES string of the molecule is COC(=O)[C@H](Cc1ccc(-c2ccc(C#N)cc2)cc1)NC(=O)[C@@H]1Cc2cc3c(cc2CN1S(=O)(=O)c1sc(NCCOCCBr)nc1C)OC(c1ccc(OCc2ccc(Cl)c(Cl)c2)cc1)CO3. The molecule has 6 aromatic rings. The Bertz CT molecular complexity index is 2970. The van der Waals surface area contributed by atoms with Gasteiger partial charge in [-0.25, -0.2) is 18.2 Å². The predicted molar refractivity (Wildman–Crippen MR) is 267 cm³/mol. The Morgan fingerprint density at radius 3 is 2.35 bits per heavy atom. The number of anilines is 1. The van der Waals surface area contributed by atoms with Crippen molar-refractivity contribution in [3.63, 3.8) is 0 Å². The number of carbonyl (C=O) groups excluding carboxylic acids is 2. The van der Waals surface area contributed by atoms with Crippen molar-refractivity contribution >= 4 is 77.5 Å². The van der Waals surface area contributed by atoms with Crippen molar-refractivity contribution in [3.05, 3.63) is 152 Å². The zero-order valence-corrected chi connectivity index (χ0v) is 42.1. The Morgan fingerprint density at radius 2 is 1.65 bits per heavy atom. The Balaban J connectivity index is 1.03. The summed E-state index contributed by atoms with van der Waals surface area (Å²) in [6.07, 6.45) is -0.455. The van der Waals surface area contributed by atoms with Crippen LogP contribution in [0.5, 0.6) is 17.2 Å². The number of alkyl halides is 1. The topological polar surface area (TPSA) is 178 Å². The molecule has 19 heteroatoms. The third-order valence-electron chi connectivity index (χ3n) is 11.5. The van der Waals surface area contributed by atoms with E-state index < -0.39 is 40.1 Å². The van der Waals surface area contributed by atoms with E-state index in [2.05, 4.69) is 37.6 Å². The number of halogens is 3. The van der Waals surface area contributed by atoms with E-state index in [1.54, 1.807) is 43.3 Å². The monoisotopic (exact) mass is 1070 g/mol. The number of nitrogens with zero attached hydrogens (tertiary/aromatic N) is 3. The van der Waals surface area contributed by atoms with Crippen LogP contribution in [0.25, 0.3) is 11.1 Å². The second-order valence-electron chi connectivity index (χ2n) is 16.2. The van der Waals surface area contributed by atoms with Crippen LogP contribution in [0.4, 0.5) is 5.13 Å². The van der Waals surface area contributed by atoms with Crippen LogP contribution in [-0.2, 0) is 55.1 Å². The third-order valence-corrected chi connectivity index (χ3v) is 16.2. The van der Waals surface area contributed by atoms with Gasteiger partial charge in [-0.1, -0.05) is 105 Å². The van der Waals surface area contributed by atoms with E-state index in [-0.39, 0.29) is 35.9 Å². The number of sulfonamides is 1. The highest BCUT2D eigenvalue weighted by Crippen LogP contribution is 2.43. The first-order valence-electron chi connectivity index (χ1n) is 21.8. The van der Waals surface area contributed by atoms with E-state index >= 15 is 0 Å². The van der Waals surface area contributed by atoms with Gasteiger partial charge in [-0.05, 0) is 101 Å². The maximum absolute atomic E-state index is 14.9. The number of hydrogen-bond acceptors (Lipinski definition) is 13. The van der Waals surface area contributed by atoms with Crippen LogP contribution in [0.1, 0.15) is 45.2 Å². The van der Waals surface area contributed by atoms with Crippen LogP contribution >= 0.6 is 50.5 Å². The normalized spacial score (nSPS) is 15.9. The van der Waals surface area contributed by atoms with Crippen molar-refractivity contribution in [2.45, 2.75) is 55.3 Å². The molecule has 1 unspecified atom stereocenters. The Kier molecular flexibility index (Phi) is 16.1. The van der Waals surface area contributed by atoms with Crippen molar-refractivity contribution in [1.29, 1.82) is 5.26 Å². The fourth-order valence-corrected chi connectivity index (χ4v) is 11.6. The molecule has 0 radical (unpaired) electrons. The molecule has 8 rings (SSSR count). The van der Waals surface area contributed by atoms with Crippen LogP contribution in [0.3, 0.4) is 0 Å². The molecule has 69 heavy (non-hydrogen) atoms. The molecule has 0 saturated heterocycles. The summed E-state index contributed by atoms with van der Waals surface area (Å²) < 4.78 is 60.3. The Labute approximate surface area is 422 Å². The average Bonchev–Trinajstić information content (AvgIpc) is 3.76. The van der Waals surface area contributed by atoms with Gasteiger partial charge in [-0.15, -0.1) is 0 Å². The summed E-state index contributed by atoms with van der Waals surface area (Å²) in [6.45, 7) is 3.22. The summed E-state index contributed by atoms with van der Waals surface area (Å²) in [5.74, 6) is 0.135. The molecule has 5 aromatic carbocycles. The summed E-state index contributed by atoms with van der Waals surface area (Å²) in [5.41, 5.74) is 6.35. The van der Waals surface area contributed by atoms with Crippen LogP contribution in [-0.4, -0.2) is 80.5 Å². The van der Waals surface area contributed by atoms with Gasteiger partial charge in [0, 0.05) is 24.8 Å². The van der Waals surface area contributed by atoms with Crippen LogP contribution in [0.15, 0.2) is 107 Å². The van der Waals surface area contributed by atoms with E-state index in [1.807, 2.05) is 66.7 Å². The maximum Gasteiger partial charge on any atom is 0.328 e. The fourth-order valence-electron chi connectivity index (χ4n) is 7.94. The number of rotatable bonds is 18. The quantitative estimate of drug-likeness (QED) is 0.0475. The number of nitriles is 1. The number of esters is 1. The first-order valence-corrected chi connectivity index (χ1v) is 25.9. The molecule has 2 aliphatic heterocycles. The summed E-state index contributed by atoms with van der Waals surface area (Å²) in [5, 5.41) is 17.2. The van der Waals surface area contributed by atoms with Gasteiger partial charge in [-0.2, -0.15) is 9.57 Å². The summed E-state index contributed by atoms with van der Waals surface area (Å²) in [6, 6.07) is 30.7. The van der Waals surface area contributed by atoms with Crippen molar-refractivity contribution in [2.75, 3.05) is 44.1 Å². The van der Waals surface area contributed by atoms with Crippen molar-refractivity contribution in [2.24, 2.45) is 0 Å². The lowest BCUT2D eigenvalue weighted by Gasteiger charge is -2.36. The third kappa shape index (κ3) is 11.8. The average molecular weight is 1080 g/mol. The van der Waals surface area contributed by atoms with E-state index in [0.29, 0.717) is 80.8 Å². The second-order valence-corrected chi connectivity index (χ2v) is 20.8. The van der Waals surface area contributed by atoms with Crippen molar-refractivity contribution in [3.8, 4) is 34.4 Å². The van der Waals surface area contributed by atoms with Crippen LogP contribution < -0.4 is 24.8 Å². The number of fused-ring (bicyclic) bond motifs is 2. The highest BCUT2D eigenvalue weighted by atomic mass is 79.9. The number of ether oxygens (including phenoxy) is 5. The molecule has 3 heterocycles. The molecule has 0 aliphatic carbocycles. The molecule has 1 aromatic heterocycles. The number of amides is 1. The number of nitrogens with one attached hydrogen (secondary N) is 2. The maximum atomic E-state index is 14.9. The van der Waals surface area contributed by atoms with Gasteiger partial charge in [0.15, 0.2) is 26.9 Å². The largest absolute Gasteiger partial charge is 0.489 e. The van der Waals surface area contributed by atoms with E-state index in [1.165, 1.54) is 11.4 Å². The minimum atomic E-state index is -4.39. The lowest BCUT2D eigenvalue weighted by molar-refractivity contribution is -0.145. The lowest BCUT2D eigenvalue weighted by Crippen LogP contribution is -2.56. The van der Waals surface area contributed by atoms with Gasteiger partial charge in [-0.3, -0.25) is 4.79 Å². The van der Waals surface area contributed by atoms with Gasteiger partial charge in [0.2, 0.25) is 5.91 Å². The molecule has 0 spiro atoms. The van der Waals surface area contributed by atoms with E-state index in [9.17, 15) is 23.3 Å². The van der Waals surface area contributed by atoms with Crippen molar-refractivity contribution in [1.82, 2.24) is 14.6 Å². The van der Waals surface area contributed by atoms with Crippen LogP contribution in [0, 0.1) is 18.3 Å². The highest BCUT2D eigenvalue weighted by Gasteiger charge is 2.43. The predicted octanol–water partition coefficient (Wildman–Crippen LogP) is 9.23. The van der Waals surface area contributed by atoms with E-state index in [4.69, 9.17) is 46.9 Å². The highest BCUT2D eigenvalue weighted by molar-refractivity contribution is 9.09. The molecular weight excluding hydrogens is 1030 g/mol. The zero-order valence-electron chi connectivity index (χ0n) is 37.4. The summed E-state index contributed by atoms with van der Waals surface area (Å²) >= 11 is 16.5. The summed E-state index contributed by atoms with van der Waals surface area (Å²) in [7, 11) is -3.16. The molecule has 1 amide bonds. The Hall–Kier alpha value is -5.71. The van der Waals surface area contributed by atoms with Gasteiger partial charge in [0.1, 0.15) is 31.0 Å². The molecule has 0 bridgehead atoms. The molecule has 0 saturated carbocycles. The van der Waals surface area contributed by atoms with Gasteiger partial charge >= 0.3 is 5.97 Å². The number of hydrogen-bond donors (Lipinski definition) is 2. The molecule has 2 N–H and O–H groups in total. The molecular formula is C50H46BrCl2N5O9S2. The summed E-state index contributed by atoms with van der Waals surface area (Å²) in [4.78, 5) is 32.4. The zero-order chi connectivity index (χ0) is 48.7. The number of aryl methyl sites for hydroxylation is 1. The first kappa shape index (κ1) is 49.7. The molecule has 0 fully saturated rings. The second kappa shape index (κ2) is 22.4. The lowest BCUT2D eigenvalue weighted by atomic mass is 9.93. The van der Waals surface area contributed by atoms with E-state index in [0.717, 1.165) is 39.2 Å². The number of carbonyl (C=O) groups is 2. The molecule has 2 aliphatic rings. The van der Waals surface area contributed by atoms with Gasteiger partial charge < -0.3 is 34.3 Å². The number of benzene rings is 5. The Morgan fingerprint density at radius 1 is 0.942 bits per heavy atom. The number of thiazole rings is 1. The first-order chi connectivity index (χ1) is 33.3.